The first-order valence-corrected chi connectivity index (χ1v) is 9.72. The van der Waals surface area contributed by atoms with Gasteiger partial charge in [-0.25, -0.2) is 0 Å². The molecular weight excluding hydrogens is 455 g/mol. The highest BCUT2D eigenvalue weighted by molar-refractivity contribution is 14.0. The Morgan fingerprint density at radius 1 is 1.19 bits per heavy atom. The number of benzene rings is 1. The second-order valence-electron chi connectivity index (χ2n) is 7.42. The van der Waals surface area contributed by atoms with E-state index >= 15 is 0 Å². The molecular formula is C20H31IN4O2. The predicted octanol–water partition coefficient (Wildman–Crippen LogP) is 2.97. The first-order valence-electron chi connectivity index (χ1n) is 9.72. The van der Waals surface area contributed by atoms with Gasteiger partial charge in [0.05, 0.1) is 6.54 Å². The summed E-state index contributed by atoms with van der Waals surface area (Å²) in [5, 5.41) is 15.6. The average molecular weight is 486 g/mol. The molecule has 1 aromatic rings. The van der Waals surface area contributed by atoms with Crippen molar-refractivity contribution in [1.82, 2.24) is 15.5 Å². The number of halogens is 1. The number of hydrogen-bond donors (Lipinski definition) is 3. The molecule has 6 nitrogen and oxygen atoms in total. The normalized spacial score (nSPS) is 18.4. The van der Waals surface area contributed by atoms with Crippen LogP contribution in [-0.2, 0) is 0 Å². The first-order chi connectivity index (χ1) is 12.6. The molecule has 3 N–H and O–H groups in total. The molecule has 1 heterocycles. The third-order valence-corrected chi connectivity index (χ3v) is 5.53. The molecule has 0 aromatic heterocycles. The number of likely N-dealkylation sites (tertiary alicyclic amines) is 1. The smallest absolute Gasteiger partial charge is 0.251 e. The number of aliphatic imine (C=N–C) groups is 1. The second kappa shape index (κ2) is 10.1. The van der Waals surface area contributed by atoms with Crippen molar-refractivity contribution in [1.29, 1.82) is 0 Å². The summed E-state index contributed by atoms with van der Waals surface area (Å²) in [6.07, 6.45) is 6.71. The van der Waals surface area contributed by atoms with E-state index in [1.54, 1.807) is 12.1 Å². The highest BCUT2D eigenvalue weighted by Crippen LogP contribution is 2.45. The number of hydrogen-bond acceptors (Lipinski definition) is 3. The minimum atomic E-state index is -0.142. The molecule has 1 saturated heterocycles. The lowest BCUT2D eigenvalue weighted by Crippen LogP contribution is -2.41. The van der Waals surface area contributed by atoms with Gasteiger partial charge in [0.1, 0.15) is 5.75 Å². The number of phenolic OH excluding ortho intramolecular Hbond substituents is 1. The summed E-state index contributed by atoms with van der Waals surface area (Å²) in [5.41, 5.74) is 1.06. The number of carbonyl (C=O) groups is 1. The zero-order valence-electron chi connectivity index (χ0n) is 16.0. The Balaban J connectivity index is 0.00000261. The molecule has 2 fully saturated rings. The van der Waals surface area contributed by atoms with Crippen LogP contribution < -0.4 is 10.6 Å². The molecule has 27 heavy (non-hydrogen) atoms. The Bertz CT molecular complexity index is 642. The first kappa shape index (κ1) is 21.8. The highest BCUT2D eigenvalue weighted by Gasteiger charge is 2.41. The topological polar surface area (TPSA) is 77.0 Å². The fraction of sp³-hybridized carbons (Fsp3) is 0.600. The van der Waals surface area contributed by atoms with Gasteiger partial charge in [0.25, 0.3) is 5.91 Å². The number of rotatable bonds is 5. The van der Waals surface area contributed by atoms with Crippen LogP contribution in [-0.4, -0.2) is 54.6 Å². The van der Waals surface area contributed by atoms with Gasteiger partial charge < -0.3 is 20.6 Å². The number of guanidine groups is 1. The van der Waals surface area contributed by atoms with Crippen LogP contribution in [0, 0.1) is 5.41 Å². The van der Waals surface area contributed by atoms with Crippen LogP contribution in [0.4, 0.5) is 0 Å². The Morgan fingerprint density at radius 2 is 1.89 bits per heavy atom. The molecule has 0 bridgehead atoms. The number of carbonyl (C=O) groups excluding carboxylic acids is 1. The maximum absolute atomic E-state index is 12.1. The van der Waals surface area contributed by atoms with E-state index < -0.39 is 0 Å². The molecule has 1 amide bonds. The van der Waals surface area contributed by atoms with Crippen molar-refractivity contribution in [2.45, 2.75) is 39.0 Å². The van der Waals surface area contributed by atoms with Gasteiger partial charge >= 0.3 is 0 Å². The molecule has 1 saturated carbocycles. The third kappa shape index (κ3) is 5.73. The van der Waals surface area contributed by atoms with E-state index in [0.29, 0.717) is 24.1 Å². The van der Waals surface area contributed by atoms with Crippen molar-refractivity contribution in [3.05, 3.63) is 29.8 Å². The van der Waals surface area contributed by atoms with Crippen molar-refractivity contribution in [3.8, 4) is 5.75 Å². The standard InChI is InChI=1S/C20H30N4O2.HI/c1-2-21-19(24-14-11-20(15-24)9-3-4-10-20)23-13-12-22-18(26)16-5-7-17(25)8-6-16;/h5-8,25H,2-4,9-15H2,1H3,(H,21,23)(H,22,26);1H. The van der Waals surface area contributed by atoms with Gasteiger partial charge in [0.15, 0.2) is 5.96 Å². The van der Waals surface area contributed by atoms with E-state index in [1.165, 1.54) is 44.2 Å². The largest absolute Gasteiger partial charge is 0.508 e. The summed E-state index contributed by atoms with van der Waals surface area (Å²) >= 11 is 0. The van der Waals surface area contributed by atoms with E-state index in [4.69, 9.17) is 4.99 Å². The number of nitrogens with one attached hydrogen (secondary N) is 2. The predicted molar refractivity (Wildman–Crippen MR) is 119 cm³/mol. The van der Waals surface area contributed by atoms with E-state index in [2.05, 4.69) is 22.5 Å². The van der Waals surface area contributed by atoms with Gasteiger partial charge in [-0.05, 0) is 55.9 Å². The Labute approximate surface area is 178 Å². The minimum absolute atomic E-state index is 0. The molecule has 1 aliphatic heterocycles. The van der Waals surface area contributed by atoms with Crippen LogP contribution in [0.25, 0.3) is 0 Å². The quantitative estimate of drug-likeness (QED) is 0.259. The SMILES string of the molecule is CCNC(=NCCNC(=O)c1ccc(O)cc1)N1CCC2(CCCC2)C1.I. The summed E-state index contributed by atoms with van der Waals surface area (Å²) in [7, 11) is 0. The summed E-state index contributed by atoms with van der Waals surface area (Å²) in [6, 6.07) is 6.26. The molecule has 1 aromatic carbocycles. The summed E-state index contributed by atoms with van der Waals surface area (Å²) in [5.74, 6) is 0.985. The monoisotopic (exact) mass is 486 g/mol. The second-order valence-corrected chi connectivity index (χ2v) is 7.42. The van der Waals surface area contributed by atoms with E-state index in [1.807, 2.05) is 0 Å². The number of amides is 1. The van der Waals surface area contributed by atoms with Crippen molar-refractivity contribution < 1.29 is 9.90 Å². The Morgan fingerprint density at radius 3 is 2.56 bits per heavy atom. The van der Waals surface area contributed by atoms with E-state index in [9.17, 15) is 9.90 Å². The van der Waals surface area contributed by atoms with E-state index in [0.717, 1.165) is 25.6 Å². The number of aromatic hydroxyl groups is 1. The van der Waals surface area contributed by atoms with Crippen LogP contribution in [0.2, 0.25) is 0 Å². The summed E-state index contributed by atoms with van der Waals surface area (Å²) in [4.78, 5) is 19.2. The molecule has 3 rings (SSSR count). The van der Waals surface area contributed by atoms with Crippen LogP contribution >= 0.6 is 24.0 Å². The Hall–Kier alpha value is -1.51. The fourth-order valence-electron chi connectivity index (χ4n) is 4.12. The van der Waals surface area contributed by atoms with Gasteiger partial charge in [0, 0.05) is 31.7 Å². The maximum atomic E-state index is 12.1. The molecule has 2 aliphatic rings. The lowest BCUT2D eigenvalue weighted by atomic mass is 9.86. The van der Waals surface area contributed by atoms with Gasteiger partial charge in [-0.15, -0.1) is 24.0 Å². The molecule has 1 aliphatic carbocycles. The van der Waals surface area contributed by atoms with Crippen molar-refractivity contribution in [2.75, 3.05) is 32.7 Å². The zero-order valence-corrected chi connectivity index (χ0v) is 18.4. The van der Waals surface area contributed by atoms with Gasteiger partial charge in [-0.1, -0.05) is 12.8 Å². The Kier molecular flexibility index (Phi) is 8.19. The summed E-state index contributed by atoms with van der Waals surface area (Å²) < 4.78 is 0. The van der Waals surface area contributed by atoms with Crippen molar-refractivity contribution >= 4 is 35.8 Å². The summed E-state index contributed by atoms with van der Waals surface area (Å²) in [6.45, 7) is 6.17. The van der Waals surface area contributed by atoms with Crippen LogP contribution in [0.15, 0.2) is 29.3 Å². The van der Waals surface area contributed by atoms with Crippen molar-refractivity contribution in [3.63, 3.8) is 0 Å². The highest BCUT2D eigenvalue weighted by atomic mass is 127. The molecule has 150 valence electrons. The van der Waals surface area contributed by atoms with Crippen LogP contribution in [0.3, 0.4) is 0 Å². The zero-order chi connectivity index (χ0) is 18.4. The van der Waals surface area contributed by atoms with Crippen molar-refractivity contribution in [2.24, 2.45) is 10.4 Å². The number of phenols is 1. The average Bonchev–Trinajstić information content (AvgIpc) is 3.28. The molecule has 0 atom stereocenters. The molecule has 0 unspecified atom stereocenters. The van der Waals surface area contributed by atoms with Crippen LogP contribution in [0.5, 0.6) is 5.75 Å². The van der Waals surface area contributed by atoms with E-state index in [-0.39, 0.29) is 35.6 Å². The molecule has 1 spiro atoms. The molecule has 7 heteroatoms. The minimum Gasteiger partial charge on any atom is -0.508 e. The maximum Gasteiger partial charge on any atom is 0.251 e. The fourth-order valence-corrected chi connectivity index (χ4v) is 4.12. The molecule has 0 radical (unpaired) electrons. The van der Waals surface area contributed by atoms with Gasteiger partial charge in [-0.3, -0.25) is 9.79 Å². The number of nitrogens with zero attached hydrogens (tertiary/aromatic N) is 2. The third-order valence-electron chi connectivity index (χ3n) is 5.53. The lowest BCUT2D eigenvalue weighted by molar-refractivity contribution is 0.0955. The lowest BCUT2D eigenvalue weighted by Gasteiger charge is -2.26. The van der Waals surface area contributed by atoms with Gasteiger partial charge in [0.2, 0.25) is 0 Å². The van der Waals surface area contributed by atoms with Crippen LogP contribution in [0.1, 0.15) is 49.4 Å². The van der Waals surface area contributed by atoms with Gasteiger partial charge in [-0.2, -0.15) is 0 Å².